The third-order valence-electron chi connectivity index (χ3n) is 2.75. The molecule has 0 aliphatic carbocycles. The van der Waals surface area contributed by atoms with Crippen LogP contribution in [0, 0.1) is 0 Å². The Balaban J connectivity index is 2.36. The van der Waals surface area contributed by atoms with Gasteiger partial charge in [0.05, 0.1) is 0 Å². The lowest BCUT2D eigenvalue weighted by molar-refractivity contribution is -0.148. The van der Waals surface area contributed by atoms with Gasteiger partial charge >= 0.3 is 5.97 Å². The molecule has 2 rings (SSSR count). The third kappa shape index (κ3) is 1.85. The van der Waals surface area contributed by atoms with Crippen molar-refractivity contribution < 1.29 is 19.5 Å². The summed E-state index contributed by atoms with van der Waals surface area (Å²) < 4.78 is 0. The van der Waals surface area contributed by atoms with Crippen LogP contribution >= 0.6 is 11.8 Å². The van der Waals surface area contributed by atoms with Crippen LogP contribution < -0.4 is 5.73 Å². The van der Waals surface area contributed by atoms with E-state index in [1.807, 2.05) is 0 Å². The van der Waals surface area contributed by atoms with Gasteiger partial charge in [-0.25, -0.2) is 4.79 Å². The first-order chi connectivity index (χ1) is 7.93. The summed E-state index contributed by atoms with van der Waals surface area (Å²) in [4.78, 5) is 35.0. The lowest BCUT2D eigenvalue weighted by Crippen LogP contribution is -2.68. The van der Waals surface area contributed by atoms with Gasteiger partial charge < -0.3 is 10.8 Å². The molecule has 2 aliphatic rings. The molecule has 1 amide bonds. The van der Waals surface area contributed by atoms with Crippen molar-refractivity contribution in [3.63, 3.8) is 0 Å². The number of carboxylic acid groups (broad SMARTS) is 1. The van der Waals surface area contributed by atoms with E-state index in [4.69, 9.17) is 10.8 Å². The number of ketones is 1. The van der Waals surface area contributed by atoms with E-state index >= 15 is 0 Å². The summed E-state index contributed by atoms with van der Waals surface area (Å²) >= 11 is 1.40. The zero-order valence-corrected chi connectivity index (χ0v) is 9.99. The maximum absolute atomic E-state index is 11.5. The molecule has 7 heteroatoms. The van der Waals surface area contributed by atoms with Crippen LogP contribution in [0.1, 0.15) is 13.3 Å². The Morgan fingerprint density at radius 1 is 1.59 bits per heavy atom. The highest BCUT2D eigenvalue weighted by Crippen LogP contribution is 2.40. The van der Waals surface area contributed by atoms with E-state index in [1.54, 1.807) is 0 Å². The topological polar surface area (TPSA) is 101 Å². The number of carboxylic acids is 1. The van der Waals surface area contributed by atoms with E-state index in [2.05, 4.69) is 0 Å². The average Bonchev–Trinajstić information content (AvgIpc) is 2.26. The molecule has 3 N–H and O–H groups in total. The van der Waals surface area contributed by atoms with Crippen LogP contribution in [0.5, 0.6) is 0 Å². The number of hydrogen-bond acceptors (Lipinski definition) is 5. The number of Topliss-reactive ketones (excluding diaryl/α,β-unsaturated/α-hetero) is 1. The van der Waals surface area contributed by atoms with E-state index < -0.39 is 12.0 Å². The van der Waals surface area contributed by atoms with Crippen molar-refractivity contribution in [2.45, 2.75) is 24.8 Å². The second kappa shape index (κ2) is 4.15. The first kappa shape index (κ1) is 12.1. The van der Waals surface area contributed by atoms with E-state index in [0.717, 1.165) is 0 Å². The van der Waals surface area contributed by atoms with Crippen LogP contribution in [0.25, 0.3) is 0 Å². The normalized spacial score (nSPS) is 27.6. The Bertz CT molecular complexity index is 446. The fourth-order valence-electron chi connectivity index (χ4n) is 2.02. The molecule has 0 spiro atoms. The predicted octanol–water partition coefficient (Wildman–Crippen LogP) is -0.453. The molecule has 0 bridgehead atoms. The van der Waals surface area contributed by atoms with Crippen molar-refractivity contribution in [1.82, 2.24) is 4.90 Å². The Labute approximate surface area is 102 Å². The van der Waals surface area contributed by atoms with Gasteiger partial charge in [0.1, 0.15) is 22.9 Å². The van der Waals surface area contributed by atoms with E-state index in [-0.39, 0.29) is 29.2 Å². The molecular weight excluding hydrogens is 244 g/mol. The molecule has 2 aliphatic heterocycles. The molecule has 2 heterocycles. The highest BCUT2D eigenvalue weighted by molar-refractivity contribution is 8.00. The van der Waals surface area contributed by atoms with Crippen LogP contribution in [0.15, 0.2) is 11.3 Å². The third-order valence-corrected chi connectivity index (χ3v) is 4.11. The Morgan fingerprint density at radius 3 is 2.76 bits per heavy atom. The van der Waals surface area contributed by atoms with Crippen LogP contribution in [-0.2, 0) is 14.4 Å². The van der Waals surface area contributed by atoms with Crippen molar-refractivity contribution in [1.29, 1.82) is 0 Å². The predicted molar refractivity (Wildman–Crippen MR) is 61.0 cm³/mol. The van der Waals surface area contributed by atoms with Gasteiger partial charge in [0.25, 0.3) is 0 Å². The molecule has 0 aromatic carbocycles. The first-order valence-corrected chi connectivity index (χ1v) is 6.13. The van der Waals surface area contributed by atoms with Gasteiger partial charge in [-0.3, -0.25) is 14.5 Å². The molecule has 0 saturated carbocycles. The second-order valence-corrected chi connectivity index (χ2v) is 5.18. The fraction of sp³-hybridized carbons (Fsp3) is 0.500. The summed E-state index contributed by atoms with van der Waals surface area (Å²) in [7, 11) is 0. The maximum Gasteiger partial charge on any atom is 0.352 e. The average molecular weight is 256 g/mol. The highest BCUT2D eigenvalue weighted by Gasteiger charge is 2.51. The number of carbonyl (C=O) groups is 3. The quantitative estimate of drug-likeness (QED) is 0.663. The zero-order valence-electron chi connectivity index (χ0n) is 9.17. The summed E-state index contributed by atoms with van der Waals surface area (Å²) in [6.45, 7) is 1.40. The zero-order chi connectivity index (χ0) is 12.7. The lowest BCUT2D eigenvalue weighted by Gasteiger charge is -2.48. The Kier molecular flexibility index (Phi) is 2.96. The van der Waals surface area contributed by atoms with Crippen molar-refractivity contribution in [2.24, 2.45) is 5.73 Å². The lowest BCUT2D eigenvalue weighted by atomic mass is 10.0. The number of thioether (sulfide) groups is 1. The minimum Gasteiger partial charge on any atom is -0.477 e. The van der Waals surface area contributed by atoms with Crippen molar-refractivity contribution in [2.75, 3.05) is 5.75 Å². The van der Waals surface area contributed by atoms with Crippen molar-refractivity contribution in [3.05, 3.63) is 11.3 Å². The van der Waals surface area contributed by atoms with Crippen LogP contribution in [0.4, 0.5) is 0 Å². The number of β-lactam (4-membered cyclic amide) rings is 1. The number of carbonyl (C=O) groups excluding carboxylic acids is 2. The van der Waals surface area contributed by atoms with Gasteiger partial charge in [-0.1, -0.05) is 0 Å². The molecule has 0 aromatic rings. The summed E-state index contributed by atoms with van der Waals surface area (Å²) in [6.07, 6.45) is 0.0698. The van der Waals surface area contributed by atoms with Gasteiger partial charge in [0, 0.05) is 12.2 Å². The Hall–Kier alpha value is -1.34. The molecular formula is C10H12N2O4S. The highest BCUT2D eigenvalue weighted by atomic mass is 32.2. The molecule has 0 radical (unpaired) electrons. The Morgan fingerprint density at radius 2 is 2.24 bits per heavy atom. The minimum atomic E-state index is -1.17. The summed E-state index contributed by atoms with van der Waals surface area (Å²) in [5.74, 6) is -1.24. The molecule has 6 nitrogen and oxygen atoms in total. The molecule has 1 saturated heterocycles. The second-order valence-electron chi connectivity index (χ2n) is 4.07. The van der Waals surface area contributed by atoms with Gasteiger partial charge in [0.15, 0.2) is 0 Å². The van der Waals surface area contributed by atoms with Gasteiger partial charge in [-0.15, -0.1) is 11.8 Å². The molecule has 2 unspecified atom stereocenters. The smallest absolute Gasteiger partial charge is 0.352 e. The number of aliphatic carboxylic acids is 1. The van der Waals surface area contributed by atoms with Crippen LogP contribution in [0.3, 0.4) is 0 Å². The fourth-order valence-corrected chi connectivity index (χ4v) is 3.31. The number of hydrogen-bond donors (Lipinski definition) is 2. The van der Waals surface area contributed by atoms with E-state index in [0.29, 0.717) is 11.3 Å². The SMILES string of the molecule is CC(=O)CC1=C(C(=O)O)N2C(=O)C(N)C2SC1. The molecule has 2 atom stereocenters. The summed E-state index contributed by atoms with van der Waals surface area (Å²) in [5, 5.41) is 8.83. The monoisotopic (exact) mass is 256 g/mol. The number of rotatable bonds is 3. The van der Waals surface area contributed by atoms with Crippen molar-refractivity contribution >= 4 is 29.4 Å². The number of amides is 1. The van der Waals surface area contributed by atoms with Crippen LogP contribution in [-0.4, -0.2) is 44.8 Å². The standard InChI is InChI=1S/C10H12N2O4S/c1-4(13)2-5-3-17-9-6(11)8(14)12(9)7(5)10(15)16/h6,9H,2-3,11H2,1H3,(H,15,16). The first-order valence-electron chi connectivity index (χ1n) is 5.08. The molecule has 1 fully saturated rings. The molecule has 92 valence electrons. The van der Waals surface area contributed by atoms with Gasteiger partial charge in [-0.2, -0.15) is 0 Å². The summed E-state index contributed by atoms with van der Waals surface area (Å²) in [5.41, 5.74) is 6.02. The van der Waals surface area contributed by atoms with Gasteiger partial charge in [0.2, 0.25) is 5.91 Å². The van der Waals surface area contributed by atoms with Crippen LogP contribution in [0.2, 0.25) is 0 Å². The van der Waals surface area contributed by atoms with Gasteiger partial charge in [-0.05, 0) is 12.5 Å². The maximum atomic E-state index is 11.5. The molecule has 0 aromatic heterocycles. The van der Waals surface area contributed by atoms with E-state index in [9.17, 15) is 14.4 Å². The largest absolute Gasteiger partial charge is 0.477 e. The number of nitrogens with two attached hydrogens (primary N) is 1. The minimum absolute atomic E-state index is 0.0596. The number of fused-ring (bicyclic) bond motifs is 1. The van der Waals surface area contributed by atoms with E-state index in [1.165, 1.54) is 23.6 Å². The number of nitrogens with zero attached hydrogens (tertiary/aromatic N) is 1. The summed E-state index contributed by atoms with van der Waals surface area (Å²) in [6, 6.07) is -0.631. The van der Waals surface area contributed by atoms with Crippen molar-refractivity contribution in [3.8, 4) is 0 Å². The molecule has 17 heavy (non-hydrogen) atoms.